The van der Waals surface area contributed by atoms with Gasteiger partial charge in [-0.2, -0.15) is 0 Å². The van der Waals surface area contributed by atoms with E-state index in [4.69, 9.17) is 0 Å². The molecule has 0 saturated carbocycles. The maximum atomic E-state index is 12.0. The van der Waals surface area contributed by atoms with E-state index in [9.17, 15) is 4.79 Å². The number of hydrogen-bond acceptors (Lipinski definition) is 3. The van der Waals surface area contributed by atoms with Gasteiger partial charge in [0.25, 0.3) is 0 Å². The highest BCUT2D eigenvalue weighted by Crippen LogP contribution is 2.16. The van der Waals surface area contributed by atoms with Gasteiger partial charge in [0, 0.05) is 24.7 Å². The molecule has 3 rings (SSSR count). The van der Waals surface area contributed by atoms with E-state index in [1.807, 2.05) is 12.1 Å². The fraction of sp³-hybridized carbons (Fsp3) is 0.632. The van der Waals surface area contributed by atoms with E-state index in [0.717, 1.165) is 25.2 Å². The fourth-order valence-electron chi connectivity index (χ4n) is 3.61. The Bertz CT molecular complexity index is 486. The number of carbonyl (C=O) groups excluding carboxylic acids is 1. The average molecular weight is 315 g/mol. The molecule has 1 aromatic carbocycles. The van der Waals surface area contributed by atoms with Gasteiger partial charge in [-0.1, -0.05) is 25.0 Å². The molecule has 2 aliphatic heterocycles. The Balaban J connectivity index is 1.47. The van der Waals surface area contributed by atoms with E-state index in [1.165, 1.54) is 50.8 Å². The van der Waals surface area contributed by atoms with Gasteiger partial charge >= 0.3 is 0 Å². The molecule has 0 aromatic heterocycles. The molecule has 23 heavy (non-hydrogen) atoms. The summed E-state index contributed by atoms with van der Waals surface area (Å²) in [5.74, 6) is 0.115. The van der Waals surface area contributed by atoms with Crippen LogP contribution in [0.5, 0.6) is 0 Å². The molecular formula is C19H29N3O. The predicted molar refractivity (Wildman–Crippen MR) is 94.5 cm³/mol. The highest BCUT2D eigenvalue weighted by molar-refractivity contribution is 5.91. The summed E-state index contributed by atoms with van der Waals surface area (Å²) >= 11 is 0. The quantitative estimate of drug-likeness (QED) is 0.877. The molecule has 126 valence electrons. The van der Waals surface area contributed by atoms with E-state index >= 15 is 0 Å². The molecular weight excluding hydrogens is 286 g/mol. The number of likely N-dealkylation sites (tertiary alicyclic amines) is 1. The summed E-state index contributed by atoms with van der Waals surface area (Å²) in [5, 5.41) is 6.38. The highest BCUT2D eigenvalue weighted by atomic mass is 16.1. The van der Waals surface area contributed by atoms with Crippen LogP contribution in [-0.2, 0) is 11.3 Å². The van der Waals surface area contributed by atoms with Crippen LogP contribution in [0.4, 0.5) is 5.69 Å². The van der Waals surface area contributed by atoms with Crippen molar-refractivity contribution in [1.29, 1.82) is 0 Å². The largest absolute Gasteiger partial charge is 0.326 e. The lowest BCUT2D eigenvalue weighted by molar-refractivity contribution is -0.116. The Morgan fingerprint density at radius 3 is 2.48 bits per heavy atom. The number of hydrogen-bond donors (Lipinski definition) is 2. The van der Waals surface area contributed by atoms with Crippen LogP contribution in [0, 0.1) is 0 Å². The standard InChI is InChI=1S/C19H29N3O/c23-19(14-18-6-5-11-20-18)21-17-9-7-16(8-10-17)15-22-12-3-1-2-4-13-22/h7-10,18,20H,1-6,11-15H2,(H,21,23). The summed E-state index contributed by atoms with van der Waals surface area (Å²) in [6.45, 7) is 4.50. The molecule has 0 spiro atoms. The van der Waals surface area contributed by atoms with Crippen LogP contribution in [0.15, 0.2) is 24.3 Å². The Morgan fingerprint density at radius 2 is 1.83 bits per heavy atom. The van der Waals surface area contributed by atoms with Crippen LogP contribution in [0.25, 0.3) is 0 Å². The number of amides is 1. The molecule has 4 heteroatoms. The Hall–Kier alpha value is -1.39. The molecule has 0 radical (unpaired) electrons. The van der Waals surface area contributed by atoms with Gasteiger partial charge in [-0.15, -0.1) is 0 Å². The number of anilines is 1. The van der Waals surface area contributed by atoms with Crippen molar-refractivity contribution >= 4 is 11.6 Å². The van der Waals surface area contributed by atoms with Crippen molar-refractivity contribution in [2.75, 3.05) is 25.0 Å². The fourth-order valence-corrected chi connectivity index (χ4v) is 3.61. The third-order valence-electron chi connectivity index (χ3n) is 4.94. The molecule has 1 atom stereocenters. The van der Waals surface area contributed by atoms with Gasteiger partial charge in [0.15, 0.2) is 0 Å². The number of rotatable bonds is 5. The zero-order valence-electron chi connectivity index (χ0n) is 14.0. The monoisotopic (exact) mass is 315 g/mol. The molecule has 2 fully saturated rings. The van der Waals surface area contributed by atoms with Gasteiger partial charge < -0.3 is 10.6 Å². The lowest BCUT2D eigenvalue weighted by Crippen LogP contribution is -2.27. The van der Waals surface area contributed by atoms with Crippen LogP contribution < -0.4 is 10.6 Å². The zero-order valence-corrected chi connectivity index (χ0v) is 14.0. The molecule has 1 aromatic rings. The summed E-state index contributed by atoms with van der Waals surface area (Å²) in [7, 11) is 0. The summed E-state index contributed by atoms with van der Waals surface area (Å²) in [4.78, 5) is 14.6. The molecule has 0 bridgehead atoms. The first-order valence-electron chi connectivity index (χ1n) is 9.14. The van der Waals surface area contributed by atoms with Crippen LogP contribution in [0.1, 0.15) is 50.5 Å². The summed E-state index contributed by atoms with van der Waals surface area (Å²) < 4.78 is 0. The van der Waals surface area contributed by atoms with Crippen LogP contribution in [0.2, 0.25) is 0 Å². The molecule has 2 heterocycles. The van der Waals surface area contributed by atoms with Gasteiger partial charge in [-0.3, -0.25) is 9.69 Å². The van der Waals surface area contributed by atoms with Gasteiger partial charge in [0.1, 0.15) is 0 Å². The third-order valence-corrected chi connectivity index (χ3v) is 4.94. The summed E-state index contributed by atoms with van der Waals surface area (Å²) in [6.07, 6.45) is 8.27. The lowest BCUT2D eigenvalue weighted by atomic mass is 10.1. The van der Waals surface area contributed by atoms with E-state index in [0.29, 0.717) is 12.5 Å². The van der Waals surface area contributed by atoms with Crippen molar-refractivity contribution < 1.29 is 4.79 Å². The molecule has 2 aliphatic rings. The van der Waals surface area contributed by atoms with Crippen LogP contribution in [-0.4, -0.2) is 36.5 Å². The van der Waals surface area contributed by atoms with Crippen LogP contribution in [0.3, 0.4) is 0 Å². The maximum absolute atomic E-state index is 12.0. The highest BCUT2D eigenvalue weighted by Gasteiger charge is 2.17. The SMILES string of the molecule is O=C(CC1CCCN1)Nc1ccc(CN2CCCCCC2)cc1. The normalized spacial score (nSPS) is 22.7. The lowest BCUT2D eigenvalue weighted by Gasteiger charge is -2.19. The van der Waals surface area contributed by atoms with Crippen molar-refractivity contribution in [3.05, 3.63) is 29.8 Å². The van der Waals surface area contributed by atoms with Crippen molar-refractivity contribution in [1.82, 2.24) is 10.2 Å². The molecule has 1 unspecified atom stereocenters. The first-order valence-corrected chi connectivity index (χ1v) is 9.14. The Morgan fingerprint density at radius 1 is 1.09 bits per heavy atom. The Kier molecular flexibility index (Phi) is 6.06. The minimum absolute atomic E-state index is 0.115. The maximum Gasteiger partial charge on any atom is 0.225 e. The number of benzene rings is 1. The van der Waals surface area contributed by atoms with Gasteiger partial charge in [-0.25, -0.2) is 0 Å². The second-order valence-corrected chi connectivity index (χ2v) is 6.93. The minimum Gasteiger partial charge on any atom is -0.326 e. The predicted octanol–water partition coefficient (Wildman–Crippen LogP) is 3.14. The van der Waals surface area contributed by atoms with Gasteiger partial charge in [0.05, 0.1) is 0 Å². The molecule has 1 amide bonds. The summed E-state index contributed by atoms with van der Waals surface area (Å²) in [6, 6.07) is 8.72. The number of carbonyl (C=O) groups is 1. The van der Waals surface area contributed by atoms with Gasteiger partial charge in [-0.05, 0) is 63.0 Å². The van der Waals surface area contributed by atoms with E-state index in [2.05, 4.69) is 27.7 Å². The van der Waals surface area contributed by atoms with Gasteiger partial charge in [0.2, 0.25) is 5.91 Å². The molecule has 2 N–H and O–H groups in total. The van der Waals surface area contributed by atoms with Crippen molar-refractivity contribution in [3.8, 4) is 0 Å². The van der Waals surface area contributed by atoms with Crippen molar-refractivity contribution in [2.45, 2.75) is 57.5 Å². The number of nitrogens with one attached hydrogen (secondary N) is 2. The second-order valence-electron chi connectivity index (χ2n) is 6.93. The van der Waals surface area contributed by atoms with E-state index in [-0.39, 0.29) is 5.91 Å². The topological polar surface area (TPSA) is 44.4 Å². The Labute approximate surface area is 139 Å². The first kappa shape index (κ1) is 16.5. The summed E-state index contributed by atoms with van der Waals surface area (Å²) in [5.41, 5.74) is 2.25. The average Bonchev–Trinajstić information content (AvgIpc) is 2.91. The van der Waals surface area contributed by atoms with E-state index in [1.54, 1.807) is 0 Å². The second kappa shape index (κ2) is 8.46. The minimum atomic E-state index is 0.115. The zero-order chi connectivity index (χ0) is 15.9. The molecule has 2 saturated heterocycles. The van der Waals surface area contributed by atoms with Crippen molar-refractivity contribution in [3.63, 3.8) is 0 Å². The number of nitrogens with zero attached hydrogens (tertiary/aromatic N) is 1. The van der Waals surface area contributed by atoms with E-state index < -0.39 is 0 Å². The van der Waals surface area contributed by atoms with Crippen molar-refractivity contribution in [2.24, 2.45) is 0 Å². The smallest absolute Gasteiger partial charge is 0.225 e. The van der Waals surface area contributed by atoms with Crippen LogP contribution >= 0.6 is 0 Å². The molecule has 0 aliphatic carbocycles. The molecule has 4 nitrogen and oxygen atoms in total. The third kappa shape index (κ3) is 5.33. The first-order chi connectivity index (χ1) is 11.3.